The highest BCUT2D eigenvalue weighted by molar-refractivity contribution is 7.19. The first kappa shape index (κ1) is 20.4. The summed E-state index contributed by atoms with van der Waals surface area (Å²) < 4.78 is 1.29. The molecule has 0 bridgehead atoms. The molecule has 2 aromatic heterocycles. The summed E-state index contributed by atoms with van der Waals surface area (Å²) in [7, 11) is 0. The number of hydrogen-bond acceptors (Lipinski definition) is 8. The first-order chi connectivity index (χ1) is 14.4. The average molecular weight is 426 g/mol. The van der Waals surface area contributed by atoms with Crippen LogP contribution in [0.25, 0.3) is 15.5 Å². The van der Waals surface area contributed by atoms with Crippen LogP contribution in [0.4, 0.5) is 5.82 Å². The Hall–Kier alpha value is -2.91. The second kappa shape index (κ2) is 8.45. The Bertz CT molecular complexity index is 1180. The second-order valence-electron chi connectivity index (χ2n) is 7.50. The van der Waals surface area contributed by atoms with Gasteiger partial charge in [-0.1, -0.05) is 11.3 Å². The number of benzene rings is 1. The lowest BCUT2D eigenvalue weighted by molar-refractivity contribution is -0.117. The third-order valence-electron chi connectivity index (χ3n) is 5.19. The predicted molar refractivity (Wildman–Crippen MR) is 116 cm³/mol. The van der Waals surface area contributed by atoms with Crippen LogP contribution < -0.4 is 16.2 Å². The molecule has 156 valence electrons. The maximum Gasteiger partial charge on any atom is 0.277 e. The molecule has 0 amide bonds. The van der Waals surface area contributed by atoms with Crippen molar-refractivity contribution in [2.24, 2.45) is 5.73 Å². The summed E-state index contributed by atoms with van der Waals surface area (Å²) in [4.78, 5) is 43.7. The summed E-state index contributed by atoms with van der Waals surface area (Å²) in [5.41, 5.74) is 7.06. The van der Waals surface area contributed by atoms with Crippen LogP contribution in [0.2, 0.25) is 0 Å². The molecule has 3 aromatic rings. The van der Waals surface area contributed by atoms with E-state index in [4.69, 9.17) is 5.73 Å². The molecular formula is C21H23N5O3S. The lowest BCUT2D eigenvalue weighted by Gasteiger charge is -2.27. The van der Waals surface area contributed by atoms with Gasteiger partial charge in [-0.15, -0.1) is 0 Å². The summed E-state index contributed by atoms with van der Waals surface area (Å²) in [6.45, 7) is 3.21. The van der Waals surface area contributed by atoms with E-state index in [9.17, 15) is 14.4 Å². The molecular weight excluding hydrogens is 402 g/mol. The van der Waals surface area contributed by atoms with Gasteiger partial charge in [-0.2, -0.15) is 9.61 Å². The number of nitrogens with two attached hydrogens (primary N) is 1. The van der Waals surface area contributed by atoms with Gasteiger partial charge in [0.1, 0.15) is 10.8 Å². The molecule has 0 radical (unpaired) electrons. The molecule has 1 aromatic carbocycles. The number of hydrogen-bond donors (Lipinski definition) is 1. The molecule has 0 aliphatic carbocycles. The van der Waals surface area contributed by atoms with Crippen LogP contribution in [0.3, 0.4) is 0 Å². The molecule has 0 unspecified atom stereocenters. The summed E-state index contributed by atoms with van der Waals surface area (Å²) in [5.74, 6) is 0.457. The van der Waals surface area contributed by atoms with Gasteiger partial charge in [0.25, 0.3) is 5.56 Å². The molecule has 0 saturated carbocycles. The standard InChI is InChI=1S/C21H23N5O3S/c1-13(27)15-7-14(9-17(28)12-22)8-16(10-15)20-24-26-19(29)11-18(23-21(26)30-20)25-5-3-2-4-6-25/h7-8,10-11H,2-6,9,12,22H2,1H3. The number of rotatable bonds is 6. The van der Waals surface area contributed by atoms with Gasteiger partial charge < -0.3 is 10.6 Å². The Morgan fingerprint density at radius 2 is 1.90 bits per heavy atom. The monoisotopic (exact) mass is 425 g/mol. The van der Waals surface area contributed by atoms with E-state index in [0.717, 1.165) is 25.9 Å². The molecule has 0 spiro atoms. The second-order valence-corrected chi connectivity index (χ2v) is 8.45. The molecule has 1 fully saturated rings. The number of ketones is 2. The average Bonchev–Trinajstić information content (AvgIpc) is 3.19. The Balaban J connectivity index is 1.77. The van der Waals surface area contributed by atoms with Gasteiger partial charge in [0.05, 0.1) is 6.54 Å². The van der Waals surface area contributed by atoms with Gasteiger partial charge in [0.15, 0.2) is 11.6 Å². The highest BCUT2D eigenvalue weighted by Gasteiger charge is 2.17. The van der Waals surface area contributed by atoms with Crippen molar-refractivity contribution in [3.8, 4) is 10.6 Å². The van der Waals surface area contributed by atoms with Gasteiger partial charge in [0.2, 0.25) is 4.96 Å². The van der Waals surface area contributed by atoms with Crippen molar-refractivity contribution in [2.45, 2.75) is 32.6 Å². The normalized spacial score (nSPS) is 14.3. The van der Waals surface area contributed by atoms with Crippen LogP contribution in [-0.2, 0) is 11.2 Å². The Morgan fingerprint density at radius 3 is 2.60 bits per heavy atom. The molecule has 9 heteroatoms. The number of Topliss-reactive ketones (excluding diaryl/α,β-unsaturated/α-hetero) is 2. The Morgan fingerprint density at radius 1 is 1.13 bits per heavy atom. The van der Waals surface area contributed by atoms with Crippen molar-refractivity contribution in [1.82, 2.24) is 14.6 Å². The zero-order valence-corrected chi connectivity index (χ0v) is 17.6. The highest BCUT2D eigenvalue weighted by atomic mass is 32.1. The van der Waals surface area contributed by atoms with Gasteiger partial charge >= 0.3 is 0 Å². The SMILES string of the molecule is CC(=O)c1cc(CC(=O)CN)cc(-c2nn3c(=O)cc(N4CCCCC4)nc3s2)c1. The van der Waals surface area contributed by atoms with Crippen molar-refractivity contribution in [2.75, 3.05) is 24.5 Å². The first-order valence-electron chi connectivity index (χ1n) is 9.97. The van der Waals surface area contributed by atoms with E-state index in [1.165, 1.54) is 35.3 Å². The molecule has 8 nitrogen and oxygen atoms in total. The van der Waals surface area contributed by atoms with E-state index in [1.54, 1.807) is 12.1 Å². The summed E-state index contributed by atoms with van der Waals surface area (Å²) >= 11 is 1.29. The quantitative estimate of drug-likeness (QED) is 0.602. The lowest BCUT2D eigenvalue weighted by Crippen LogP contribution is -2.31. The fraction of sp³-hybridized carbons (Fsp3) is 0.381. The lowest BCUT2D eigenvalue weighted by atomic mass is 10.0. The van der Waals surface area contributed by atoms with Crippen LogP contribution in [0.5, 0.6) is 0 Å². The van der Waals surface area contributed by atoms with Gasteiger partial charge in [0, 0.05) is 36.7 Å². The third kappa shape index (κ3) is 4.17. The first-order valence-corrected chi connectivity index (χ1v) is 10.8. The van der Waals surface area contributed by atoms with Crippen molar-refractivity contribution >= 4 is 33.7 Å². The molecule has 1 aliphatic rings. The number of nitrogens with zero attached hydrogens (tertiary/aromatic N) is 4. The molecule has 3 heterocycles. The van der Waals surface area contributed by atoms with E-state index < -0.39 is 0 Å². The van der Waals surface area contributed by atoms with Crippen molar-refractivity contribution in [1.29, 1.82) is 0 Å². The summed E-state index contributed by atoms with van der Waals surface area (Å²) in [6.07, 6.45) is 3.53. The van der Waals surface area contributed by atoms with E-state index in [0.29, 0.717) is 32.5 Å². The van der Waals surface area contributed by atoms with Crippen molar-refractivity contribution in [3.63, 3.8) is 0 Å². The fourth-order valence-corrected chi connectivity index (χ4v) is 4.51. The van der Waals surface area contributed by atoms with E-state index in [-0.39, 0.29) is 30.1 Å². The van der Waals surface area contributed by atoms with Crippen LogP contribution in [0, 0.1) is 0 Å². The smallest absolute Gasteiger partial charge is 0.277 e. The predicted octanol–water partition coefficient (Wildman–Crippen LogP) is 2.08. The fourth-order valence-electron chi connectivity index (χ4n) is 3.62. The number of fused-ring (bicyclic) bond motifs is 1. The van der Waals surface area contributed by atoms with Gasteiger partial charge in [-0.05, 0) is 49.9 Å². The zero-order valence-electron chi connectivity index (χ0n) is 16.8. The topological polar surface area (TPSA) is 111 Å². The van der Waals surface area contributed by atoms with Gasteiger partial charge in [-0.25, -0.2) is 4.98 Å². The molecule has 2 N–H and O–H groups in total. The number of anilines is 1. The number of carbonyl (C=O) groups excluding carboxylic acids is 2. The minimum absolute atomic E-state index is 0.0562. The number of piperidine rings is 1. The van der Waals surface area contributed by atoms with Gasteiger partial charge in [-0.3, -0.25) is 14.4 Å². The summed E-state index contributed by atoms with van der Waals surface area (Å²) in [5, 5.41) is 5.00. The van der Waals surface area contributed by atoms with Crippen molar-refractivity contribution in [3.05, 3.63) is 45.7 Å². The zero-order chi connectivity index (χ0) is 21.3. The number of aromatic nitrogens is 3. The van der Waals surface area contributed by atoms with E-state index in [1.807, 2.05) is 6.07 Å². The van der Waals surface area contributed by atoms with Crippen LogP contribution in [0.15, 0.2) is 29.1 Å². The van der Waals surface area contributed by atoms with E-state index in [2.05, 4.69) is 15.0 Å². The molecule has 1 aliphatic heterocycles. The molecule has 0 atom stereocenters. The molecule has 4 rings (SSSR count). The van der Waals surface area contributed by atoms with Crippen molar-refractivity contribution < 1.29 is 9.59 Å². The maximum atomic E-state index is 12.6. The minimum atomic E-state index is -0.232. The largest absolute Gasteiger partial charge is 0.356 e. The molecule has 1 saturated heterocycles. The Labute approximate surface area is 177 Å². The summed E-state index contributed by atoms with van der Waals surface area (Å²) in [6, 6.07) is 6.77. The maximum absolute atomic E-state index is 12.6. The van der Waals surface area contributed by atoms with Crippen LogP contribution >= 0.6 is 11.3 Å². The number of carbonyl (C=O) groups is 2. The molecule has 30 heavy (non-hydrogen) atoms. The minimum Gasteiger partial charge on any atom is -0.356 e. The van der Waals surface area contributed by atoms with Crippen LogP contribution in [0.1, 0.15) is 42.1 Å². The Kier molecular flexibility index (Phi) is 5.74. The highest BCUT2D eigenvalue weighted by Crippen LogP contribution is 2.28. The third-order valence-corrected chi connectivity index (χ3v) is 6.14. The van der Waals surface area contributed by atoms with E-state index >= 15 is 0 Å². The van der Waals surface area contributed by atoms with Crippen LogP contribution in [-0.4, -0.2) is 45.8 Å².